The van der Waals surface area contributed by atoms with E-state index in [9.17, 15) is 12.8 Å². The first-order valence-corrected chi connectivity index (χ1v) is 9.68. The van der Waals surface area contributed by atoms with Crippen molar-refractivity contribution in [2.24, 2.45) is 0 Å². The standard InChI is InChI=1S/C18H16FN3O3S/c19-14-5-3-6-15(11-14)26(23,24)22-16-7-2-1-4-13(16)10-17-20-18(21-25-17)12-8-9-12/h1-7,11-12,22H,8-10H2. The maximum Gasteiger partial charge on any atom is 0.262 e. The molecule has 0 radical (unpaired) electrons. The van der Waals surface area contributed by atoms with Gasteiger partial charge in [-0.2, -0.15) is 4.98 Å². The molecular weight excluding hydrogens is 357 g/mol. The van der Waals surface area contributed by atoms with Gasteiger partial charge in [0.05, 0.1) is 17.0 Å². The van der Waals surface area contributed by atoms with Crippen LogP contribution in [0.5, 0.6) is 0 Å². The lowest BCUT2D eigenvalue weighted by molar-refractivity contribution is 0.379. The largest absolute Gasteiger partial charge is 0.339 e. The van der Waals surface area contributed by atoms with E-state index in [0.29, 0.717) is 35.3 Å². The predicted octanol–water partition coefficient (Wildman–Crippen LogP) is 3.48. The molecule has 1 aromatic heterocycles. The van der Waals surface area contributed by atoms with Crippen molar-refractivity contribution in [1.82, 2.24) is 10.1 Å². The molecule has 1 N–H and O–H groups in total. The van der Waals surface area contributed by atoms with Gasteiger partial charge < -0.3 is 4.52 Å². The molecule has 8 heteroatoms. The second-order valence-corrected chi connectivity index (χ2v) is 7.90. The predicted molar refractivity (Wildman–Crippen MR) is 92.7 cm³/mol. The van der Waals surface area contributed by atoms with Crippen LogP contribution in [0.1, 0.15) is 36.0 Å². The van der Waals surface area contributed by atoms with Crippen molar-refractivity contribution in [2.75, 3.05) is 4.72 Å². The van der Waals surface area contributed by atoms with Crippen molar-refractivity contribution in [3.63, 3.8) is 0 Å². The lowest BCUT2D eigenvalue weighted by Crippen LogP contribution is -2.14. The van der Waals surface area contributed by atoms with Gasteiger partial charge in [0.25, 0.3) is 10.0 Å². The smallest absolute Gasteiger partial charge is 0.262 e. The first-order valence-electron chi connectivity index (χ1n) is 8.20. The Bertz CT molecular complexity index is 1050. The first kappa shape index (κ1) is 16.7. The third-order valence-corrected chi connectivity index (χ3v) is 5.50. The van der Waals surface area contributed by atoms with Crippen molar-refractivity contribution < 1.29 is 17.3 Å². The number of anilines is 1. The fraction of sp³-hybridized carbons (Fsp3) is 0.222. The lowest BCUT2D eigenvalue weighted by Gasteiger charge is -2.11. The van der Waals surface area contributed by atoms with E-state index in [4.69, 9.17) is 4.52 Å². The van der Waals surface area contributed by atoms with Crippen LogP contribution in [0.15, 0.2) is 57.9 Å². The summed E-state index contributed by atoms with van der Waals surface area (Å²) >= 11 is 0. The number of benzene rings is 2. The average molecular weight is 373 g/mol. The molecule has 1 saturated carbocycles. The summed E-state index contributed by atoms with van der Waals surface area (Å²) in [6.45, 7) is 0. The number of para-hydroxylation sites is 1. The van der Waals surface area contributed by atoms with Crippen LogP contribution in [-0.2, 0) is 16.4 Å². The molecule has 0 amide bonds. The van der Waals surface area contributed by atoms with Crippen molar-refractivity contribution >= 4 is 15.7 Å². The molecule has 1 aliphatic rings. The number of hydrogen-bond acceptors (Lipinski definition) is 5. The highest BCUT2D eigenvalue weighted by molar-refractivity contribution is 7.92. The van der Waals surface area contributed by atoms with Crippen LogP contribution < -0.4 is 4.72 Å². The Morgan fingerprint density at radius 1 is 1.15 bits per heavy atom. The molecule has 26 heavy (non-hydrogen) atoms. The third-order valence-electron chi connectivity index (χ3n) is 4.14. The van der Waals surface area contributed by atoms with Crippen LogP contribution in [0.2, 0.25) is 0 Å². The van der Waals surface area contributed by atoms with Crippen LogP contribution >= 0.6 is 0 Å². The van der Waals surface area contributed by atoms with Gasteiger partial charge >= 0.3 is 0 Å². The third kappa shape index (κ3) is 3.60. The number of aromatic nitrogens is 2. The van der Waals surface area contributed by atoms with E-state index >= 15 is 0 Å². The van der Waals surface area contributed by atoms with Gasteiger partial charge in [0.2, 0.25) is 5.89 Å². The quantitative estimate of drug-likeness (QED) is 0.715. The number of sulfonamides is 1. The van der Waals surface area contributed by atoms with Crippen LogP contribution in [0.4, 0.5) is 10.1 Å². The highest BCUT2D eigenvalue weighted by Gasteiger charge is 2.29. The molecule has 3 aromatic rings. The van der Waals surface area contributed by atoms with E-state index in [1.54, 1.807) is 24.3 Å². The van der Waals surface area contributed by atoms with Crippen molar-refractivity contribution in [3.05, 3.63) is 71.6 Å². The van der Waals surface area contributed by atoms with Crippen molar-refractivity contribution in [3.8, 4) is 0 Å². The summed E-state index contributed by atoms with van der Waals surface area (Å²) in [6.07, 6.45) is 2.45. The van der Waals surface area contributed by atoms with Crippen molar-refractivity contribution in [1.29, 1.82) is 0 Å². The van der Waals surface area contributed by atoms with Gasteiger partial charge in [-0.25, -0.2) is 12.8 Å². The minimum atomic E-state index is -3.91. The highest BCUT2D eigenvalue weighted by atomic mass is 32.2. The molecule has 2 aromatic carbocycles. The summed E-state index contributed by atoms with van der Waals surface area (Å²) in [5.41, 5.74) is 1.08. The molecule has 134 valence electrons. The summed E-state index contributed by atoms with van der Waals surface area (Å²) in [6, 6.07) is 11.8. The Morgan fingerprint density at radius 3 is 2.73 bits per heavy atom. The zero-order valence-corrected chi connectivity index (χ0v) is 14.5. The van der Waals surface area contributed by atoms with Gasteiger partial charge in [0.1, 0.15) is 5.82 Å². The molecule has 1 fully saturated rings. The van der Waals surface area contributed by atoms with E-state index in [1.807, 2.05) is 0 Å². The summed E-state index contributed by atoms with van der Waals surface area (Å²) < 4.78 is 46.2. The Morgan fingerprint density at radius 2 is 1.96 bits per heavy atom. The Hall–Kier alpha value is -2.74. The van der Waals surface area contributed by atoms with Crippen LogP contribution in [0.3, 0.4) is 0 Å². The molecule has 6 nitrogen and oxygen atoms in total. The molecule has 0 atom stereocenters. The van der Waals surface area contributed by atoms with E-state index < -0.39 is 15.8 Å². The number of halogens is 1. The maximum absolute atomic E-state index is 13.4. The van der Waals surface area contributed by atoms with Gasteiger partial charge in [0, 0.05) is 5.92 Å². The molecule has 0 unspecified atom stereocenters. The van der Waals surface area contributed by atoms with E-state index in [-0.39, 0.29) is 4.90 Å². The SMILES string of the molecule is O=S(=O)(Nc1ccccc1Cc1nc(C2CC2)no1)c1cccc(F)c1. The summed E-state index contributed by atoms with van der Waals surface area (Å²) in [7, 11) is -3.91. The van der Waals surface area contributed by atoms with Gasteiger partial charge in [-0.3, -0.25) is 4.72 Å². The normalized spacial score (nSPS) is 14.3. The molecule has 0 spiro atoms. The minimum absolute atomic E-state index is 0.138. The Kier molecular flexibility index (Phi) is 4.20. The van der Waals surface area contributed by atoms with Crippen molar-refractivity contribution in [2.45, 2.75) is 30.1 Å². The van der Waals surface area contributed by atoms with E-state index in [0.717, 1.165) is 18.9 Å². The van der Waals surface area contributed by atoms with Crippen LogP contribution in [0.25, 0.3) is 0 Å². The summed E-state index contributed by atoms with van der Waals surface area (Å²) in [5.74, 6) is 0.913. The lowest BCUT2D eigenvalue weighted by atomic mass is 10.1. The average Bonchev–Trinajstić information content (AvgIpc) is 3.36. The van der Waals surface area contributed by atoms with Gasteiger partial charge in [-0.05, 0) is 42.7 Å². The highest BCUT2D eigenvalue weighted by Crippen LogP contribution is 2.38. The van der Waals surface area contributed by atoms with Gasteiger partial charge in [0.15, 0.2) is 5.82 Å². The van der Waals surface area contributed by atoms with Crippen LogP contribution in [-0.4, -0.2) is 18.6 Å². The molecule has 0 bridgehead atoms. The van der Waals surface area contributed by atoms with E-state index in [1.165, 1.54) is 18.2 Å². The maximum atomic E-state index is 13.4. The van der Waals surface area contributed by atoms with Gasteiger partial charge in [-0.1, -0.05) is 29.4 Å². The first-order chi connectivity index (χ1) is 12.5. The van der Waals surface area contributed by atoms with E-state index in [2.05, 4.69) is 14.9 Å². The zero-order chi connectivity index (χ0) is 18.1. The second kappa shape index (κ2) is 6.53. The summed E-state index contributed by atoms with van der Waals surface area (Å²) in [4.78, 5) is 4.23. The monoisotopic (exact) mass is 373 g/mol. The summed E-state index contributed by atoms with van der Waals surface area (Å²) in [5, 5.41) is 3.97. The topological polar surface area (TPSA) is 85.1 Å². The molecule has 0 aliphatic heterocycles. The number of nitrogens with zero attached hydrogens (tertiary/aromatic N) is 2. The molecule has 0 saturated heterocycles. The number of nitrogens with one attached hydrogen (secondary N) is 1. The number of rotatable bonds is 6. The molecule has 4 rings (SSSR count). The Labute approximate surface area is 150 Å². The minimum Gasteiger partial charge on any atom is -0.339 e. The zero-order valence-electron chi connectivity index (χ0n) is 13.7. The second-order valence-electron chi connectivity index (χ2n) is 6.22. The number of hydrogen-bond donors (Lipinski definition) is 1. The molecule has 1 aliphatic carbocycles. The molecule has 1 heterocycles. The van der Waals surface area contributed by atoms with Crippen LogP contribution in [0, 0.1) is 5.82 Å². The fourth-order valence-electron chi connectivity index (χ4n) is 2.62. The molecular formula is C18H16FN3O3S. The van der Waals surface area contributed by atoms with Gasteiger partial charge in [-0.15, -0.1) is 0 Å². The Balaban J connectivity index is 1.58. The fourth-order valence-corrected chi connectivity index (χ4v) is 3.75.